The molecule has 0 aliphatic carbocycles. The Morgan fingerprint density at radius 2 is 2.26 bits per heavy atom. The molecule has 1 aromatic heterocycles. The molecule has 2 heterocycles. The van der Waals surface area contributed by atoms with Gasteiger partial charge >= 0.3 is 0 Å². The SMILES string of the molecule is CC(C)c1c(NN)ncnc1N1CCCCC1CO. The average molecular weight is 265 g/mol. The van der Waals surface area contributed by atoms with Crippen LogP contribution in [0.15, 0.2) is 6.33 Å². The number of aromatic nitrogens is 2. The normalized spacial score (nSPS) is 19.8. The molecule has 6 heteroatoms. The summed E-state index contributed by atoms with van der Waals surface area (Å²) in [6.07, 6.45) is 4.82. The second-order valence-corrected chi connectivity index (χ2v) is 5.28. The molecule has 6 nitrogen and oxygen atoms in total. The molecular formula is C13H23N5O. The van der Waals surface area contributed by atoms with Crippen molar-refractivity contribution in [2.75, 3.05) is 23.5 Å². The van der Waals surface area contributed by atoms with Crippen molar-refractivity contribution < 1.29 is 5.11 Å². The van der Waals surface area contributed by atoms with Gasteiger partial charge in [-0.15, -0.1) is 0 Å². The smallest absolute Gasteiger partial charge is 0.148 e. The highest BCUT2D eigenvalue weighted by Crippen LogP contribution is 2.33. The van der Waals surface area contributed by atoms with Crippen LogP contribution in [-0.2, 0) is 0 Å². The molecule has 106 valence electrons. The number of nitrogens with one attached hydrogen (secondary N) is 1. The Morgan fingerprint density at radius 1 is 1.47 bits per heavy atom. The van der Waals surface area contributed by atoms with E-state index in [-0.39, 0.29) is 18.6 Å². The number of aliphatic hydroxyl groups excluding tert-OH is 1. The number of anilines is 2. The fourth-order valence-corrected chi connectivity index (χ4v) is 2.73. The maximum absolute atomic E-state index is 9.55. The first-order chi connectivity index (χ1) is 9.19. The summed E-state index contributed by atoms with van der Waals surface area (Å²) < 4.78 is 0. The Labute approximate surface area is 114 Å². The van der Waals surface area contributed by atoms with Crippen LogP contribution in [-0.4, -0.2) is 34.3 Å². The van der Waals surface area contributed by atoms with Gasteiger partial charge in [-0.25, -0.2) is 15.8 Å². The number of rotatable bonds is 4. The summed E-state index contributed by atoms with van der Waals surface area (Å²) in [6, 6.07) is 0.145. The van der Waals surface area contributed by atoms with Crippen molar-refractivity contribution in [3.8, 4) is 0 Å². The molecule has 1 aromatic rings. The predicted octanol–water partition coefficient (Wildman–Crippen LogP) is 1.24. The molecule has 1 aliphatic rings. The highest BCUT2D eigenvalue weighted by molar-refractivity contribution is 5.60. The molecule has 1 unspecified atom stereocenters. The van der Waals surface area contributed by atoms with Crippen molar-refractivity contribution in [2.45, 2.75) is 45.1 Å². The summed E-state index contributed by atoms with van der Waals surface area (Å²) in [5.74, 6) is 7.38. The van der Waals surface area contributed by atoms with Crippen molar-refractivity contribution in [1.82, 2.24) is 9.97 Å². The first-order valence-corrected chi connectivity index (χ1v) is 6.88. The van der Waals surface area contributed by atoms with Crippen LogP contribution in [0.2, 0.25) is 0 Å². The van der Waals surface area contributed by atoms with Crippen molar-refractivity contribution in [3.63, 3.8) is 0 Å². The summed E-state index contributed by atoms with van der Waals surface area (Å²) in [7, 11) is 0. The standard InChI is InChI=1S/C13H23N5O/c1-9(2)11-12(17-14)15-8-16-13(11)18-6-4-3-5-10(18)7-19/h8-10,19H,3-7,14H2,1-2H3,(H,15,16,17). The van der Waals surface area contributed by atoms with Crippen LogP contribution in [0.4, 0.5) is 11.6 Å². The zero-order valence-corrected chi connectivity index (χ0v) is 11.6. The third-order valence-corrected chi connectivity index (χ3v) is 3.69. The van der Waals surface area contributed by atoms with Gasteiger partial charge in [-0.05, 0) is 25.2 Å². The number of nitrogen functional groups attached to an aromatic ring is 1. The molecule has 1 aliphatic heterocycles. The maximum Gasteiger partial charge on any atom is 0.148 e. The maximum atomic E-state index is 9.55. The van der Waals surface area contributed by atoms with E-state index in [1.54, 1.807) is 0 Å². The van der Waals surface area contributed by atoms with E-state index in [4.69, 9.17) is 5.84 Å². The Hall–Kier alpha value is -1.40. The second-order valence-electron chi connectivity index (χ2n) is 5.28. The topological polar surface area (TPSA) is 87.3 Å². The molecule has 1 saturated heterocycles. The molecule has 1 atom stereocenters. The lowest BCUT2D eigenvalue weighted by Gasteiger charge is -2.37. The van der Waals surface area contributed by atoms with Crippen LogP contribution < -0.4 is 16.2 Å². The van der Waals surface area contributed by atoms with Crippen molar-refractivity contribution in [1.29, 1.82) is 0 Å². The van der Waals surface area contributed by atoms with Crippen LogP contribution in [0.25, 0.3) is 0 Å². The molecule has 1 fully saturated rings. The second kappa shape index (κ2) is 6.16. The lowest BCUT2D eigenvalue weighted by molar-refractivity contribution is 0.239. The number of hydrogen-bond acceptors (Lipinski definition) is 6. The summed E-state index contributed by atoms with van der Waals surface area (Å²) in [5, 5.41) is 9.55. The number of hydrogen-bond donors (Lipinski definition) is 3. The zero-order chi connectivity index (χ0) is 13.8. The molecule has 0 aromatic carbocycles. The highest BCUT2D eigenvalue weighted by atomic mass is 16.3. The minimum absolute atomic E-state index is 0.145. The van der Waals surface area contributed by atoms with E-state index in [1.807, 2.05) is 0 Å². The van der Waals surface area contributed by atoms with Crippen LogP contribution >= 0.6 is 0 Å². The minimum atomic E-state index is 0.145. The fourth-order valence-electron chi connectivity index (χ4n) is 2.73. The molecule has 19 heavy (non-hydrogen) atoms. The van der Waals surface area contributed by atoms with Gasteiger partial charge in [0.15, 0.2) is 0 Å². The van der Waals surface area contributed by atoms with Gasteiger partial charge in [0.1, 0.15) is 18.0 Å². The van der Waals surface area contributed by atoms with E-state index in [2.05, 4.69) is 34.1 Å². The van der Waals surface area contributed by atoms with E-state index in [0.717, 1.165) is 37.2 Å². The van der Waals surface area contributed by atoms with Crippen LogP contribution in [0.5, 0.6) is 0 Å². The number of aliphatic hydroxyl groups is 1. The Balaban J connectivity index is 2.42. The van der Waals surface area contributed by atoms with Gasteiger partial charge in [-0.1, -0.05) is 13.8 Å². The Kier molecular flexibility index (Phi) is 4.55. The van der Waals surface area contributed by atoms with Gasteiger partial charge in [0.05, 0.1) is 12.6 Å². The van der Waals surface area contributed by atoms with Gasteiger partial charge in [0.25, 0.3) is 0 Å². The van der Waals surface area contributed by atoms with Gasteiger partial charge in [0, 0.05) is 12.1 Å². The number of hydrazine groups is 1. The summed E-state index contributed by atoms with van der Waals surface area (Å²) in [6.45, 7) is 5.28. The monoisotopic (exact) mass is 265 g/mol. The molecule has 0 bridgehead atoms. The lowest BCUT2D eigenvalue weighted by atomic mass is 9.99. The largest absolute Gasteiger partial charge is 0.394 e. The molecule has 4 N–H and O–H groups in total. The van der Waals surface area contributed by atoms with Crippen molar-refractivity contribution >= 4 is 11.6 Å². The first kappa shape index (κ1) is 14.0. The lowest BCUT2D eigenvalue weighted by Crippen LogP contribution is -2.43. The van der Waals surface area contributed by atoms with E-state index in [9.17, 15) is 5.11 Å². The first-order valence-electron chi connectivity index (χ1n) is 6.88. The summed E-state index contributed by atoms with van der Waals surface area (Å²) in [4.78, 5) is 10.8. The van der Waals surface area contributed by atoms with Crippen molar-refractivity contribution in [2.24, 2.45) is 5.84 Å². The predicted molar refractivity (Wildman–Crippen MR) is 76.0 cm³/mol. The third-order valence-electron chi connectivity index (χ3n) is 3.69. The molecule has 0 saturated carbocycles. The Morgan fingerprint density at radius 3 is 2.89 bits per heavy atom. The summed E-state index contributed by atoms with van der Waals surface area (Å²) in [5.41, 5.74) is 3.67. The van der Waals surface area contributed by atoms with E-state index in [1.165, 1.54) is 6.33 Å². The van der Waals surface area contributed by atoms with E-state index in [0.29, 0.717) is 5.82 Å². The molecule has 0 amide bonds. The van der Waals surface area contributed by atoms with Gasteiger partial charge in [-0.3, -0.25) is 0 Å². The molecule has 0 radical (unpaired) electrons. The number of piperidine rings is 1. The van der Waals surface area contributed by atoms with E-state index < -0.39 is 0 Å². The zero-order valence-electron chi connectivity index (χ0n) is 11.6. The van der Waals surface area contributed by atoms with Crippen LogP contribution in [0.3, 0.4) is 0 Å². The minimum Gasteiger partial charge on any atom is -0.394 e. The summed E-state index contributed by atoms with van der Waals surface area (Å²) >= 11 is 0. The van der Waals surface area contributed by atoms with Crippen LogP contribution in [0.1, 0.15) is 44.6 Å². The number of nitrogens with two attached hydrogens (primary N) is 1. The quantitative estimate of drug-likeness (QED) is 0.561. The highest BCUT2D eigenvalue weighted by Gasteiger charge is 2.27. The fraction of sp³-hybridized carbons (Fsp3) is 0.692. The number of nitrogens with zero attached hydrogens (tertiary/aromatic N) is 3. The van der Waals surface area contributed by atoms with Gasteiger partial charge in [-0.2, -0.15) is 0 Å². The molecule has 2 rings (SSSR count). The molecular weight excluding hydrogens is 242 g/mol. The van der Waals surface area contributed by atoms with E-state index >= 15 is 0 Å². The van der Waals surface area contributed by atoms with Gasteiger partial charge in [0.2, 0.25) is 0 Å². The average Bonchev–Trinajstić information content (AvgIpc) is 2.46. The third kappa shape index (κ3) is 2.79. The van der Waals surface area contributed by atoms with Gasteiger partial charge < -0.3 is 15.4 Å². The Bertz CT molecular complexity index is 423. The molecule has 0 spiro atoms. The van der Waals surface area contributed by atoms with Crippen LogP contribution in [0, 0.1) is 0 Å². The van der Waals surface area contributed by atoms with Crippen molar-refractivity contribution in [3.05, 3.63) is 11.9 Å².